The number of para-hydroxylation sites is 2. The zero-order chi connectivity index (χ0) is 19.1. The van der Waals surface area contributed by atoms with Gasteiger partial charge in [0.2, 0.25) is 0 Å². The van der Waals surface area contributed by atoms with E-state index in [-0.39, 0.29) is 11.0 Å². The van der Waals surface area contributed by atoms with Crippen molar-refractivity contribution in [1.82, 2.24) is 20.4 Å². The number of thiocarbonyl (C=S) groups is 1. The van der Waals surface area contributed by atoms with Gasteiger partial charge in [-0.3, -0.25) is 10.1 Å². The third-order valence-corrected chi connectivity index (χ3v) is 4.65. The summed E-state index contributed by atoms with van der Waals surface area (Å²) in [4.78, 5) is 12.1. The summed E-state index contributed by atoms with van der Waals surface area (Å²) in [7, 11) is 0. The van der Waals surface area contributed by atoms with Crippen LogP contribution in [0.5, 0.6) is 0 Å². The Kier molecular flexibility index (Phi) is 3.80. The predicted molar refractivity (Wildman–Crippen MR) is 111 cm³/mol. The molecule has 6 nitrogen and oxygen atoms in total. The maximum Gasteiger partial charge on any atom is 0.273 e. The molecular formula is C21H14N4O2S. The summed E-state index contributed by atoms with van der Waals surface area (Å²) in [5, 5.41) is 11.4. The van der Waals surface area contributed by atoms with E-state index in [0.29, 0.717) is 17.2 Å². The molecule has 1 amide bonds. The van der Waals surface area contributed by atoms with Gasteiger partial charge in [0.05, 0.1) is 5.69 Å². The lowest BCUT2D eigenvalue weighted by Gasteiger charge is -1.98. The largest absolute Gasteiger partial charge is 0.454 e. The fourth-order valence-corrected chi connectivity index (χ4v) is 3.34. The molecule has 1 saturated heterocycles. The van der Waals surface area contributed by atoms with E-state index in [4.69, 9.17) is 21.7 Å². The molecule has 2 aromatic carbocycles. The summed E-state index contributed by atoms with van der Waals surface area (Å²) >= 11 is 5.02. The molecule has 0 radical (unpaired) electrons. The molecule has 0 atom stereocenters. The smallest absolute Gasteiger partial charge is 0.273 e. The van der Waals surface area contributed by atoms with Gasteiger partial charge in [0.25, 0.3) is 5.91 Å². The highest BCUT2D eigenvalue weighted by Gasteiger charge is 2.22. The molecule has 1 fully saturated rings. The molecule has 136 valence electrons. The standard InChI is InChI=1S/C21H14N4O2S/c26-20-16(22-21(28)23-20)10-14-12-25(15-7-2-1-3-8-15)24-19(14)18-11-13-6-4-5-9-17(13)27-18/h1-12H,(H2,22,23,26,28). The van der Waals surface area contributed by atoms with E-state index in [1.165, 1.54) is 0 Å². The second kappa shape index (κ2) is 6.47. The minimum atomic E-state index is -0.270. The number of furan rings is 1. The normalized spacial score (nSPS) is 15.2. The van der Waals surface area contributed by atoms with Crippen LogP contribution in [0.15, 0.2) is 77.0 Å². The summed E-state index contributed by atoms with van der Waals surface area (Å²) in [6, 6.07) is 19.5. The molecule has 0 saturated carbocycles. The van der Waals surface area contributed by atoms with E-state index in [1.54, 1.807) is 10.8 Å². The number of aromatic nitrogens is 2. The van der Waals surface area contributed by atoms with Crippen molar-refractivity contribution in [3.05, 3.63) is 78.1 Å². The van der Waals surface area contributed by atoms with Crippen LogP contribution in [0.2, 0.25) is 0 Å². The number of amides is 1. The minimum absolute atomic E-state index is 0.270. The summed E-state index contributed by atoms with van der Waals surface area (Å²) < 4.78 is 7.77. The summed E-state index contributed by atoms with van der Waals surface area (Å²) in [5.74, 6) is 0.358. The Bertz CT molecular complexity index is 1220. The number of fused-ring (bicyclic) bond motifs is 1. The van der Waals surface area contributed by atoms with Crippen LogP contribution in [0, 0.1) is 0 Å². The lowest BCUT2D eigenvalue weighted by molar-refractivity contribution is -0.115. The van der Waals surface area contributed by atoms with Gasteiger partial charge >= 0.3 is 0 Å². The first-order valence-electron chi connectivity index (χ1n) is 8.65. The molecule has 0 unspecified atom stereocenters. The Hall–Kier alpha value is -3.71. The van der Waals surface area contributed by atoms with Crippen molar-refractivity contribution in [1.29, 1.82) is 0 Å². The van der Waals surface area contributed by atoms with Crippen LogP contribution < -0.4 is 10.6 Å². The average molecular weight is 386 g/mol. The molecule has 3 heterocycles. The second-order valence-electron chi connectivity index (χ2n) is 6.33. The summed E-state index contributed by atoms with van der Waals surface area (Å²) in [5.41, 5.74) is 3.44. The Morgan fingerprint density at radius 1 is 1.04 bits per heavy atom. The fourth-order valence-electron chi connectivity index (χ4n) is 3.13. The van der Waals surface area contributed by atoms with Crippen LogP contribution in [0.3, 0.4) is 0 Å². The van der Waals surface area contributed by atoms with Gasteiger partial charge in [0.15, 0.2) is 10.9 Å². The average Bonchev–Trinajstić information content (AvgIpc) is 3.39. The third kappa shape index (κ3) is 2.87. The molecule has 7 heteroatoms. The van der Waals surface area contributed by atoms with Gasteiger partial charge in [-0.1, -0.05) is 36.4 Å². The third-order valence-electron chi connectivity index (χ3n) is 4.44. The molecule has 0 spiro atoms. The molecule has 1 aliphatic heterocycles. The van der Waals surface area contributed by atoms with Gasteiger partial charge in [-0.05, 0) is 42.6 Å². The van der Waals surface area contributed by atoms with E-state index in [1.807, 2.05) is 66.9 Å². The summed E-state index contributed by atoms with van der Waals surface area (Å²) in [6.07, 6.45) is 3.59. The van der Waals surface area contributed by atoms with Crippen molar-refractivity contribution in [3.63, 3.8) is 0 Å². The van der Waals surface area contributed by atoms with Crippen molar-refractivity contribution < 1.29 is 9.21 Å². The van der Waals surface area contributed by atoms with Crippen LogP contribution in [-0.2, 0) is 4.79 Å². The molecule has 2 aromatic heterocycles. The Morgan fingerprint density at radius 2 is 1.82 bits per heavy atom. The van der Waals surface area contributed by atoms with Crippen LogP contribution in [-0.4, -0.2) is 20.8 Å². The number of hydrogen-bond donors (Lipinski definition) is 2. The first kappa shape index (κ1) is 16.5. The Labute approximate surface area is 165 Å². The lowest BCUT2D eigenvalue weighted by atomic mass is 10.1. The molecule has 0 aliphatic carbocycles. The Morgan fingerprint density at radius 3 is 2.57 bits per heavy atom. The van der Waals surface area contributed by atoms with Crippen molar-refractivity contribution >= 4 is 40.3 Å². The topological polar surface area (TPSA) is 72.1 Å². The number of nitrogens with one attached hydrogen (secondary N) is 2. The van der Waals surface area contributed by atoms with E-state index >= 15 is 0 Å². The highest BCUT2D eigenvalue weighted by atomic mass is 32.1. The fraction of sp³-hybridized carbons (Fsp3) is 0. The molecule has 5 rings (SSSR count). The van der Waals surface area contributed by atoms with Crippen molar-refractivity contribution in [3.8, 4) is 17.1 Å². The number of carbonyl (C=O) groups is 1. The zero-order valence-corrected chi connectivity index (χ0v) is 15.4. The van der Waals surface area contributed by atoms with Crippen LogP contribution in [0.1, 0.15) is 5.56 Å². The van der Waals surface area contributed by atoms with Crippen LogP contribution >= 0.6 is 12.2 Å². The SMILES string of the molecule is O=C1NC(=S)NC1=Cc1cn(-c2ccccc2)nc1-c1cc2ccccc2o1. The van der Waals surface area contributed by atoms with E-state index < -0.39 is 0 Å². The first-order valence-corrected chi connectivity index (χ1v) is 9.06. The lowest BCUT2D eigenvalue weighted by Crippen LogP contribution is -2.21. The van der Waals surface area contributed by atoms with Gasteiger partial charge in [-0.2, -0.15) is 5.10 Å². The number of hydrogen-bond acceptors (Lipinski definition) is 4. The van der Waals surface area contributed by atoms with Gasteiger partial charge in [-0.15, -0.1) is 0 Å². The van der Waals surface area contributed by atoms with Crippen LogP contribution in [0.4, 0.5) is 0 Å². The van der Waals surface area contributed by atoms with Gasteiger partial charge in [0.1, 0.15) is 17.0 Å². The molecule has 0 bridgehead atoms. The molecular weight excluding hydrogens is 372 g/mol. The van der Waals surface area contributed by atoms with Crippen molar-refractivity contribution in [2.45, 2.75) is 0 Å². The number of benzene rings is 2. The number of rotatable bonds is 3. The van der Waals surface area contributed by atoms with E-state index in [9.17, 15) is 4.79 Å². The van der Waals surface area contributed by atoms with Crippen molar-refractivity contribution in [2.24, 2.45) is 0 Å². The maximum atomic E-state index is 12.1. The first-order chi connectivity index (χ1) is 13.7. The highest BCUT2D eigenvalue weighted by Crippen LogP contribution is 2.31. The van der Waals surface area contributed by atoms with Gasteiger partial charge < -0.3 is 9.73 Å². The molecule has 1 aliphatic rings. The monoisotopic (exact) mass is 386 g/mol. The molecule has 2 N–H and O–H groups in total. The van der Waals surface area contributed by atoms with Crippen LogP contribution in [0.25, 0.3) is 34.2 Å². The van der Waals surface area contributed by atoms with Gasteiger partial charge in [-0.25, -0.2) is 4.68 Å². The quantitative estimate of drug-likeness (QED) is 0.416. The second-order valence-corrected chi connectivity index (χ2v) is 6.74. The van der Waals surface area contributed by atoms with Crippen molar-refractivity contribution in [2.75, 3.05) is 0 Å². The number of carbonyl (C=O) groups excluding carboxylic acids is 1. The van der Waals surface area contributed by atoms with E-state index in [2.05, 4.69) is 10.6 Å². The number of nitrogens with zero attached hydrogens (tertiary/aromatic N) is 2. The zero-order valence-electron chi connectivity index (χ0n) is 14.5. The predicted octanol–water partition coefficient (Wildman–Crippen LogP) is 3.63. The summed E-state index contributed by atoms with van der Waals surface area (Å²) in [6.45, 7) is 0. The Balaban J connectivity index is 1.68. The maximum absolute atomic E-state index is 12.1. The molecule has 28 heavy (non-hydrogen) atoms. The minimum Gasteiger partial charge on any atom is -0.454 e. The highest BCUT2D eigenvalue weighted by molar-refractivity contribution is 7.80. The van der Waals surface area contributed by atoms with E-state index in [0.717, 1.165) is 22.2 Å². The molecule has 4 aromatic rings. The van der Waals surface area contributed by atoms with Gasteiger partial charge in [0, 0.05) is 17.1 Å².